The van der Waals surface area contributed by atoms with E-state index in [1.165, 1.54) is 12.1 Å². The summed E-state index contributed by atoms with van der Waals surface area (Å²) in [5.41, 5.74) is 0.453. The number of aromatic hydroxyl groups is 1. The van der Waals surface area contributed by atoms with E-state index in [1.54, 1.807) is 0 Å². The normalized spacial score (nSPS) is 15.1. The van der Waals surface area contributed by atoms with Gasteiger partial charge in [-0.25, -0.2) is 0 Å². The van der Waals surface area contributed by atoms with E-state index < -0.39 is 0 Å². The number of hydrogen-bond donors (Lipinski definition) is 2. The smallest absolute Gasteiger partial charge is 0.252 e. The van der Waals surface area contributed by atoms with Crippen LogP contribution < -0.4 is 5.32 Å². The van der Waals surface area contributed by atoms with Crippen molar-refractivity contribution < 1.29 is 9.90 Å². The van der Waals surface area contributed by atoms with Gasteiger partial charge in [-0.3, -0.25) is 4.79 Å². The number of nitrogens with one attached hydrogen (secondary N) is 1. The molecule has 1 aromatic carbocycles. The second-order valence-corrected chi connectivity index (χ2v) is 5.18. The molecule has 80 valence electrons. The molecule has 1 aliphatic carbocycles. The molecule has 1 aliphatic rings. The lowest BCUT2D eigenvalue weighted by molar-refractivity contribution is 0.0950. The van der Waals surface area contributed by atoms with Gasteiger partial charge >= 0.3 is 0 Å². The average Bonchev–Trinajstić information content (AvgIpc) is 2.94. The van der Waals surface area contributed by atoms with Crippen LogP contribution in [0.5, 0.6) is 5.75 Å². The quantitative estimate of drug-likeness (QED) is 0.873. The number of carbonyl (C=O) groups is 1. The minimum Gasteiger partial charge on any atom is -0.508 e. The van der Waals surface area contributed by atoms with Crippen molar-refractivity contribution in [3.8, 4) is 5.75 Å². The first-order chi connectivity index (χ1) is 7.08. The predicted molar refractivity (Wildman–Crippen MR) is 64.0 cm³/mol. The minimum atomic E-state index is -0.152. The lowest BCUT2D eigenvalue weighted by atomic mass is 10.2. The largest absolute Gasteiger partial charge is 0.508 e. The standard InChI is InChI=1S/C10H9Br2NO2/c11-8-4-6(14)3-7(9(8)12)10(15)13-5-1-2-5/h3-5,14H,1-2H2,(H,13,15). The van der Waals surface area contributed by atoms with Crippen LogP contribution >= 0.6 is 31.9 Å². The van der Waals surface area contributed by atoms with Crippen LogP contribution in [0.2, 0.25) is 0 Å². The maximum absolute atomic E-state index is 11.7. The molecule has 2 rings (SSSR count). The van der Waals surface area contributed by atoms with Gasteiger partial charge in [-0.2, -0.15) is 0 Å². The summed E-state index contributed by atoms with van der Waals surface area (Å²) in [7, 11) is 0. The van der Waals surface area contributed by atoms with E-state index in [1.807, 2.05) is 0 Å². The Kier molecular flexibility index (Phi) is 3.02. The molecule has 0 aromatic heterocycles. The van der Waals surface area contributed by atoms with Crippen LogP contribution in [0.15, 0.2) is 21.1 Å². The first-order valence-electron chi connectivity index (χ1n) is 4.57. The summed E-state index contributed by atoms with van der Waals surface area (Å²) in [5, 5.41) is 12.3. The lowest BCUT2D eigenvalue weighted by Crippen LogP contribution is -2.25. The van der Waals surface area contributed by atoms with Gasteiger partial charge in [-0.15, -0.1) is 0 Å². The number of benzene rings is 1. The molecule has 2 N–H and O–H groups in total. The Morgan fingerprint density at radius 2 is 2.07 bits per heavy atom. The predicted octanol–water partition coefficient (Wildman–Crippen LogP) is 2.81. The number of halogens is 2. The highest BCUT2D eigenvalue weighted by Gasteiger charge is 2.25. The first-order valence-corrected chi connectivity index (χ1v) is 6.15. The maximum atomic E-state index is 11.7. The highest BCUT2D eigenvalue weighted by Crippen LogP contribution is 2.31. The van der Waals surface area contributed by atoms with Crippen molar-refractivity contribution in [1.29, 1.82) is 0 Å². The molecule has 0 bridgehead atoms. The third-order valence-corrected chi connectivity index (χ3v) is 4.18. The Balaban J connectivity index is 2.28. The summed E-state index contributed by atoms with van der Waals surface area (Å²) in [5.74, 6) is -0.0769. The molecule has 3 nitrogen and oxygen atoms in total. The van der Waals surface area contributed by atoms with Crippen LogP contribution in [-0.2, 0) is 0 Å². The van der Waals surface area contributed by atoms with Gasteiger partial charge in [-0.05, 0) is 56.8 Å². The molecule has 1 fully saturated rings. The Hall–Kier alpha value is -0.550. The molecule has 0 radical (unpaired) electrons. The van der Waals surface area contributed by atoms with Gasteiger partial charge in [-0.1, -0.05) is 0 Å². The Morgan fingerprint density at radius 3 is 2.67 bits per heavy atom. The van der Waals surface area contributed by atoms with E-state index in [9.17, 15) is 9.90 Å². The van der Waals surface area contributed by atoms with Gasteiger partial charge < -0.3 is 10.4 Å². The number of phenols is 1. The van der Waals surface area contributed by atoms with Gasteiger partial charge in [0.25, 0.3) is 5.91 Å². The lowest BCUT2D eigenvalue weighted by Gasteiger charge is -2.07. The van der Waals surface area contributed by atoms with Crippen molar-refractivity contribution in [3.63, 3.8) is 0 Å². The van der Waals surface area contributed by atoms with Crippen LogP contribution in [0.1, 0.15) is 23.2 Å². The molecular formula is C10H9Br2NO2. The Bertz CT molecular complexity index is 416. The van der Waals surface area contributed by atoms with Crippen molar-refractivity contribution in [2.45, 2.75) is 18.9 Å². The van der Waals surface area contributed by atoms with E-state index in [-0.39, 0.29) is 11.7 Å². The third kappa shape index (κ3) is 2.52. The highest BCUT2D eigenvalue weighted by atomic mass is 79.9. The maximum Gasteiger partial charge on any atom is 0.252 e. The van der Waals surface area contributed by atoms with Crippen LogP contribution in [0.25, 0.3) is 0 Å². The van der Waals surface area contributed by atoms with Crippen LogP contribution in [0.4, 0.5) is 0 Å². The third-order valence-electron chi connectivity index (χ3n) is 2.17. The molecule has 0 aliphatic heterocycles. The van der Waals surface area contributed by atoms with E-state index in [2.05, 4.69) is 37.2 Å². The second kappa shape index (κ2) is 4.14. The fourth-order valence-corrected chi connectivity index (χ4v) is 2.09. The molecule has 5 heteroatoms. The number of hydrogen-bond acceptors (Lipinski definition) is 2. The number of rotatable bonds is 2. The summed E-state index contributed by atoms with van der Waals surface area (Å²) in [6.45, 7) is 0. The number of amides is 1. The van der Waals surface area contributed by atoms with Gasteiger partial charge in [0.05, 0.1) is 5.56 Å². The molecule has 1 aromatic rings. The average molecular weight is 335 g/mol. The molecule has 0 saturated heterocycles. The molecule has 0 atom stereocenters. The molecular weight excluding hydrogens is 326 g/mol. The van der Waals surface area contributed by atoms with Gasteiger partial charge in [0, 0.05) is 15.0 Å². The van der Waals surface area contributed by atoms with Crippen molar-refractivity contribution in [2.75, 3.05) is 0 Å². The van der Waals surface area contributed by atoms with Crippen molar-refractivity contribution in [3.05, 3.63) is 26.6 Å². The fourth-order valence-electron chi connectivity index (χ4n) is 1.23. The minimum absolute atomic E-state index is 0.0750. The van der Waals surface area contributed by atoms with Gasteiger partial charge in [0.2, 0.25) is 0 Å². The Morgan fingerprint density at radius 1 is 1.40 bits per heavy atom. The molecule has 0 spiro atoms. The summed E-state index contributed by atoms with van der Waals surface area (Å²) in [6.07, 6.45) is 2.09. The monoisotopic (exact) mass is 333 g/mol. The van der Waals surface area contributed by atoms with Crippen molar-refractivity contribution in [2.24, 2.45) is 0 Å². The zero-order valence-corrected chi connectivity index (χ0v) is 10.9. The molecule has 15 heavy (non-hydrogen) atoms. The van der Waals surface area contributed by atoms with Crippen LogP contribution in [0.3, 0.4) is 0 Å². The number of phenolic OH excluding ortho intramolecular Hbond substituents is 1. The first kappa shape index (κ1) is 11.0. The van der Waals surface area contributed by atoms with E-state index in [0.29, 0.717) is 20.6 Å². The molecule has 1 saturated carbocycles. The molecule has 1 amide bonds. The van der Waals surface area contributed by atoms with Crippen LogP contribution in [0, 0.1) is 0 Å². The zero-order chi connectivity index (χ0) is 11.0. The summed E-state index contributed by atoms with van der Waals surface area (Å²) in [6, 6.07) is 3.30. The molecule has 0 unspecified atom stereocenters. The van der Waals surface area contributed by atoms with Crippen molar-refractivity contribution >= 4 is 37.8 Å². The Labute approximate surface area is 104 Å². The van der Waals surface area contributed by atoms with E-state index in [4.69, 9.17) is 0 Å². The highest BCUT2D eigenvalue weighted by molar-refractivity contribution is 9.13. The van der Waals surface area contributed by atoms with Crippen LogP contribution in [-0.4, -0.2) is 17.1 Å². The van der Waals surface area contributed by atoms with Crippen molar-refractivity contribution in [1.82, 2.24) is 5.32 Å². The SMILES string of the molecule is O=C(NC1CC1)c1cc(O)cc(Br)c1Br. The summed E-state index contributed by atoms with van der Waals surface area (Å²) < 4.78 is 1.34. The summed E-state index contributed by atoms with van der Waals surface area (Å²) >= 11 is 6.57. The van der Waals surface area contributed by atoms with E-state index in [0.717, 1.165) is 12.8 Å². The van der Waals surface area contributed by atoms with Gasteiger partial charge in [0.15, 0.2) is 0 Å². The van der Waals surface area contributed by atoms with E-state index >= 15 is 0 Å². The van der Waals surface area contributed by atoms with Gasteiger partial charge in [0.1, 0.15) is 5.75 Å². The summed E-state index contributed by atoms with van der Waals surface area (Å²) in [4.78, 5) is 11.7. The second-order valence-electron chi connectivity index (χ2n) is 3.54. The zero-order valence-electron chi connectivity index (χ0n) is 7.76. The topological polar surface area (TPSA) is 49.3 Å². The number of carbonyl (C=O) groups excluding carboxylic acids is 1. The fraction of sp³-hybridized carbons (Fsp3) is 0.300. The molecule has 0 heterocycles.